The van der Waals surface area contributed by atoms with E-state index in [0.717, 1.165) is 6.42 Å². The van der Waals surface area contributed by atoms with Crippen LogP contribution in [0.15, 0.2) is 18.2 Å². The lowest BCUT2D eigenvalue weighted by atomic mass is 10.0. The molecule has 0 amide bonds. The van der Waals surface area contributed by atoms with Crippen molar-refractivity contribution in [1.82, 2.24) is 0 Å². The Morgan fingerprint density at radius 2 is 2.16 bits per heavy atom. The van der Waals surface area contributed by atoms with Crippen LogP contribution in [0.1, 0.15) is 23.2 Å². The minimum atomic E-state index is -3.65. The van der Waals surface area contributed by atoms with E-state index in [1.807, 2.05) is 0 Å². The third-order valence-electron chi connectivity index (χ3n) is 4.82. The molecule has 0 aromatic heterocycles. The number of carbonyl (C=O) groups excluding carboxylic acids is 1. The first kappa shape index (κ1) is 18.2. The largest absolute Gasteiger partial charge is 0.497 e. The lowest BCUT2D eigenvalue weighted by Crippen LogP contribution is -2.43. The van der Waals surface area contributed by atoms with Gasteiger partial charge in [-0.25, -0.2) is 8.42 Å². The summed E-state index contributed by atoms with van der Waals surface area (Å²) in [6.07, 6.45) is 0.527. The number of sulfonamides is 1. The molecular formula is C17H23NO6S. The molecule has 7 nitrogen and oxygen atoms in total. The van der Waals surface area contributed by atoms with E-state index in [2.05, 4.69) is 0 Å². The average molecular weight is 369 g/mol. The highest BCUT2D eigenvalue weighted by molar-refractivity contribution is 7.92. The molecule has 8 heteroatoms. The third-order valence-corrected chi connectivity index (χ3v) is 6.62. The molecule has 0 aliphatic carbocycles. The Kier molecular flexibility index (Phi) is 5.31. The van der Waals surface area contributed by atoms with Gasteiger partial charge in [-0.3, -0.25) is 9.10 Å². The molecule has 1 saturated heterocycles. The average Bonchev–Trinajstić information content (AvgIpc) is 3.14. The summed E-state index contributed by atoms with van der Waals surface area (Å²) in [5.41, 5.74) is 0.793. The van der Waals surface area contributed by atoms with Crippen molar-refractivity contribution >= 4 is 21.5 Å². The van der Waals surface area contributed by atoms with Crippen LogP contribution in [0, 0.1) is 5.92 Å². The maximum Gasteiger partial charge on any atom is 0.237 e. The number of carbonyl (C=O) groups is 1. The number of methoxy groups -OCH3 is 2. The summed E-state index contributed by atoms with van der Waals surface area (Å²) in [6, 6.07) is 4.89. The van der Waals surface area contributed by atoms with Crippen LogP contribution in [0.2, 0.25) is 0 Å². The van der Waals surface area contributed by atoms with Gasteiger partial charge in [0.25, 0.3) is 0 Å². The molecule has 1 aromatic carbocycles. The number of anilines is 1. The molecule has 2 heterocycles. The molecule has 2 atom stereocenters. The minimum Gasteiger partial charge on any atom is -0.497 e. The van der Waals surface area contributed by atoms with Gasteiger partial charge in [0.05, 0.1) is 31.3 Å². The van der Waals surface area contributed by atoms with Crippen LogP contribution in [0.25, 0.3) is 0 Å². The second-order valence-corrected chi connectivity index (χ2v) is 8.24. The molecule has 25 heavy (non-hydrogen) atoms. The first-order valence-corrected chi connectivity index (χ1v) is 9.89. The molecule has 3 rings (SSSR count). The van der Waals surface area contributed by atoms with Gasteiger partial charge >= 0.3 is 0 Å². The van der Waals surface area contributed by atoms with Crippen molar-refractivity contribution in [1.29, 1.82) is 0 Å². The van der Waals surface area contributed by atoms with Gasteiger partial charge in [0.1, 0.15) is 5.75 Å². The van der Waals surface area contributed by atoms with Crippen LogP contribution in [-0.4, -0.2) is 60.0 Å². The molecule has 0 radical (unpaired) electrons. The summed E-state index contributed by atoms with van der Waals surface area (Å²) in [4.78, 5) is 12.1. The Bertz CT molecular complexity index is 742. The number of fused-ring (bicyclic) bond motifs is 1. The topological polar surface area (TPSA) is 82.1 Å². The van der Waals surface area contributed by atoms with Gasteiger partial charge in [-0.2, -0.15) is 0 Å². The predicted molar refractivity (Wildman–Crippen MR) is 92.8 cm³/mol. The van der Waals surface area contributed by atoms with Crippen molar-refractivity contribution in [2.24, 2.45) is 5.92 Å². The summed E-state index contributed by atoms with van der Waals surface area (Å²) in [5.74, 6) is 0.385. The lowest BCUT2D eigenvalue weighted by Gasteiger charge is -2.32. The molecule has 2 aliphatic heterocycles. The van der Waals surface area contributed by atoms with Gasteiger partial charge in [0, 0.05) is 44.2 Å². The second kappa shape index (κ2) is 7.31. The molecule has 2 aliphatic rings. The predicted octanol–water partition coefficient (Wildman–Crippen LogP) is 1.47. The molecule has 1 fully saturated rings. The molecule has 0 saturated carbocycles. The number of nitrogens with zero attached hydrogens (tertiary/aromatic N) is 1. The van der Waals surface area contributed by atoms with Crippen molar-refractivity contribution in [3.05, 3.63) is 23.8 Å². The van der Waals surface area contributed by atoms with E-state index in [-0.39, 0.29) is 30.4 Å². The molecule has 2 unspecified atom stereocenters. The maximum atomic E-state index is 13.0. The summed E-state index contributed by atoms with van der Waals surface area (Å²) in [7, 11) is -0.620. The van der Waals surface area contributed by atoms with Crippen LogP contribution >= 0.6 is 0 Å². The van der Waals surface area contributed by atoms with Crippen LogP contribution < -0.4 is 9.04 Å². The van der Waals surface area contributed by atoms with Crippen molar-refractivity contribution < 1.29 is 27.4 Å². The Labute approximate surface area is 147 Å². The number of Topliss-reactive ketones (excluding diaryl/α,β-unsaturated/α-hetero) is 1. The van der Waals surface area contributed by atoms with E-state index in [4.69, 9.17) is 14.2 Å². The van der Waals surface area contributed by atoms with Crippen molar-refractivity contribution in [3.8, 4) is 5.75 Å². The second-order valence-electron chi connectivity index (χ2n) is 6.30. The SMILES string of the molecule is COc1ccc2c(c1)N(S(=O)(=O)CC(OC)C1CCOC1)CCC2=O. The third kappa shape index (κ3) is 3.65. The summed E-state index contributed by atoms with van der Waals surface area (Å²) >= 11 is 0. The summed E-state index contributed by atoms with van der Waals surface area (Å²) in [6.45, 7) is 1.28. The normalized spacial score (nSPS) is 21.9. The smallest absolute Gasteiger partial charge is 0.237 e. The summed E-state index contributed by atoms with van der Waals surface area (Å²) < 4.78 is 43.4. The van der Waals surface area contributed by atoms with Gasteiger partial charge in [-0.1, -0.05) is 0 Å². The minimum absolute atomic E-state index is 0.0587. The molecule has 1 aromatic rings. The number of ether oxygens (including phenoxy) is 3. The van der Waals surface area contributed by atoms with Gasteiger partial charge in [-0.05, 0) is 18.6 Å². The monoisotopic (exact) mass is 369 g/mol. The van der Waals surface area contributed by atoms with Crippen molar-refractivity contribution in [2.45, 2.75) is 18.9 Å². The highest BCUT2D eigenvalue weighted by Gasteiger charge is 2.36. The lowest BCUT2D eigenvalue weighted by molar-refractivity contribution is 0.0611. The first-order valence-electron chi connectivity index (χ1n) is 8.28. The Morgan fingerprint density at radius 1 is 1.36 bits per heavy atom. The summed E-state index contributed by atoms with van der Waals surface area (Å²) in [5, 5.41) is 0. The number of ketones is 1. The van der Waals surface area contributed by atoms with Crippen molar-refractivity contribution in [2.75, 3.05) is 44.0 Å². The highest BCUT2D eigenvalue weighted by atomic mass is 32.2. The van der Waals surface area contributed by atoms with Crippen LogP contribution in [-0.2, 0) is 19.5 Å². The zero-order valence-corrected chi connectivity index (χ0v) is 15.3. The maximum absolute atomic E-state index is 13.0. The van der Waals surface area contributed by atoms with E-state index in [0.29, 0.717) is 30.2 Å². The highest BCUT2D eigenvalue weighted by Crippen LogP contribution is 2.33. The Balaban J connectivity index is 1.89. The molecule has 0 spiro atoms. The number of hydrogen-bond donors (Lipinski definition) is 0. The van der Waals surface area contributed by atoms with Gasteiger partial charge in [0.2, 0.25) is 10.0 Å². The van der Waals surface area contributed by atoms with E-state index in [9.17, 15) is 13.2 Å². The fourth-order valence-electron chi connectivity index (χ4n) is 3.37. The van der Waals surface area contributed by atoms with Gasteiger partial charge in [-0.15, -0.1) is 0 Å². The molecular weight excluding hydrogens is 346 g/mol. The Hall–Kier alpha value is -1.64. The van der Waals surface area contributed by atoms with E-state index in [1.54, 1.807) is 18.2 Å². The van der Waals surface area contributed by atoms with Gasteiger partial charge in [0.15, 0.2) is 5.78 Å². The van der Waals surface area contributed by atoms with Crippen LogP contribution in [0.4, 0.5) is 5.69 Å². The van der Waals surface area contributed by atoms with Crippen molar-refractivity contribution in [3.63, 3.8) is 0 Å². The number of rotatable bonds is 6. The number of hydrogen-bond acceptors (Lipinski definition) is 6. The molecule has 0 N–H and O–H groups in total. The van der Waals surface area contributed by atoms with Crippen LogP contribution in [0.5, 0.6) is 5.75 Å². The molecule has 138 valence electrons. The molecule has 0 bridgehead atoms. The quantitative estimate of drug-likeness (QED) is 0.755. The zero-order chi connectivity index (χ0) is 18.0. The van der Waals surface area contributed by atoms with E-state index in [1.165, 1.54) is 18.5 Å². The fraction of sp³-hybridized carbons (Fsp3) is 0.588. The van der Waals surface area contributed by atoms with Crippen LogP contribution in [0.3, 0.4) is 0 Å². The van der Waals surface area contributed by atoms with E-state index < -0.39 is 16.1 Å². The zero-order valence-electron chi connectivity index (χ0n) is 14.4. The fourth-order valence-corrected chi connectivity index (χ4v) is 5.19. The standard InChI is InChI=1S/C17H23NO6S/c1-22-13-3-4-14-15(9-13)18(7-5-16(14)19)25(20,21)11-17(23-2)12-6-8-24-10-12/h3-4,9,12,17H,5-8,10-11H2,1-2H3. The van der Waals surface area contributed by atoms with E-state index >= 15 is 0 Å². The Morgan fingerprint density at radius 3 is 2.80 bits per heavy atom. The van der Waals surface area contributed by atoms with Gasteiger partial charge < -0.3 is 14.2 Å². The first-order chi connectivity index (χ1) is 12.0. The number of benzene rings is 1.